The predicted octanol–water partition coefficient (Wildman–Crippen LogP) is 2.85. The summed E-state index contributed by atoms with van der Waals surface area (Å²) >= 11 is 0. The van der Waals surface area contributed by atoms with Gasteiger partial charge >= 0.3 is 0 Å². The second-order valence-electron chi connectivity index (χ2n) is 7.63. The first kappa shape index (κ1) is 21.9. The number of aromatic nitrogens is 2. The number of anilines is 2. The van der Waals surface area contributed by atoms with Gasteiger partial charge in [0.1, 0.15) is 6.33 Å². The summed E-state index contributed by atoms with van der Waals surface area (Å²) in [5.41, 5.74) is 15.0. The van der Waals surface area contributed by atoms with Crippen molar-refractivity contribution >= 4 is 34.1 Å². The Balaban J connectivity index is 1.49. The number of hydrogen-bond donors (Lipinski definition) is 3. The summed E-state index contributed by atoms with van der Waals surface area (Å²) < 4.78 is 0. The second kappa shape index (κ2) is 9.46. The Hall–Kier alpha value is -4.30. The van der Waals surface area contributed by atoms with Crippen molar-refractivity contribution in [2.45, 2.75) is 12.8 Å². The highest BCUT2D eigenvalue weighted by atomic mass is 16.1. The second-order valence-corrected chi connectivity index (χ2v) is 7.63. The van der Waals surface area contributed by atoms with Crippen LogP contribution in [0.25, 0.3) is 10.9 Å². The molecule has 166 valence electrons. The molecule has 4 aromatic rings. The lowest BCUT2D eigenvalue weighted by Gasteiger charge is -2.19. The van der Waals surface area contributed by atoms with Crippen molar-refractivity contribution in [2.75, 3.05) is 17.3 Å². The number of nitrogens with zero attached hydrogens (tertiary/aromatic N) is 3. The van der Waals surface area contributed by atoms with Crippen molar-refractivity contribution in [3.63, 3.8) is 0 Å². The van der Waals surface area contributed by atoms with Gasteiger partial charge in [0.05, 0.1) is 11.1 Å². The first-order valence-corrected chi connectivity index (χ1v) is 10.5. The van der Waals surface area contributed by atoms with Gasteiger partial charge in [0.25, 0.3) is 5.91 Å². The van der Waals surface area contributed by atoms with E-state index in [2.05, 4.69) is 9.97 Å². The number of nitrogen functional groups attached to an aromatic ring is 1. The van der Waals surface area contributed by atoms with Crippen LogP contribution in [0.1, 0.15) is 38.3 Å². The summed E-state index contributed by atoms with van der Waals surface area (Å²) in [6, 6.07) is 19.7. The van der Waals surface area contributed by atoms with Crippen molar-refractivity contribution in [3.05, 3.63) is 95.3 Å². The molecule has 0 aliphatic carbocycles. The van der Waals surface area contributed by atoms with Gasteiger partial charge in [-0.1, -0.05) is 48.5 Å². The van der Waals surface area contributed by atoms with E-state index in [0.29, 0.717) is 58.5 Å². The summed E-state index contributed by atoms with van der Waals surface area (Å²) in [4.78, 5) is 33.0. The molecule has 0 atom stereocenters. The maximum absolute atomic E-state index is 12.8. The quantitative estimate of drug-likeness (QED) is 0.165. The van der Waals surface area contributed by atoms with Crippen LogP contribution in [0, 0.1) is 0 Å². The Morgan fingerprint density at radius 1 is 0.879 bits per heavy atom. The largest absolute Gasteiger partial charge is 0.398 e. The molecule has 1 aromatic heterocycles. The first-order valence-electron chi connectivity index (χ1n) is 10.5. The third-order valence-electron chi connectivity index (χ3n) is 5.50. The monoisotopic (exact) mass is 440 g/mol. The highest BCUT2D eigenvalue weighted by Crippen LogP contribution is 2.25. The topological polar surface area (TPSA) is 141 Å². The van der Waals surface area contributed by atoms with E-state index in [1.807, 2.05) is 30.3 Å². The van der Waals surface area contributed by atoms with Crippen LogP contribution in [0.2, 0.25) is 0 Å². The number of para-hydroxylation sites is 2. The summed E-state index contributed by atoms with van der Waals surface area (Å²) in [6.07, 6.45) is 2.66. The van der Waals surface area contributed by atoms with E-state index >= 15 is 0 Å². The lowest BCUT2D eigenvalue weighted by atomic mass is 9.97. The lowest BCUT2D eigenvalue weighted by molar-refractivity contribution is 0.1000. The van der Waals surface area contributed by atoms with Gasteiger partial charge in [-0.3, -0.25) is 14.6 Å². The molecule has 0 fully saturated rings. The fraction of sp³-hybridized carbons (Fsp3) is 0.120. The van der Waals surface area contributed by atoms with Crippen molar-refractivity contribution in [3.8, 4) is 0 Å². The number of fused-ring (bicyclic) bond motifs is 1. The van der Waals surface area contributed by atoms with E-state index in [9.17, 15) is 9.59 Å². The number of rotatable bonds is 8. The Bertz CT molecular complexity index is 1320. The Morgan fingerprint density at radius 3 is 2.36 bits per heavy atom. The van der Waals surface area contributed by atoms with Crippen molar-refractivity contribution < 1.29 is 9.59 Å². The number of amides is 1. The molecule has 3 aromatic carbocycles. The fourth-order valence-electron chi connectivity index (χ4n) is 3.82. The Labute approximate surface area is 191 Å². The van der Waals surface area contributed by atoms with E-state index < -0.39 is 5.91 Å². The van der Waals surface area contributed by atoms with Gasteiger partial charge in [-0.15, -0.1) is 0 Å². The summed E-state index contributed by atoms with van der Waals surface area (Å²) in [6.45, 7) is 0.475. The minimum Gasteiger partial charge on any atom is -0.398 e. The molecule has 1 heterocycles. The van der Waals surface area contributed by atoms with E-state index in [0.717, 1.165) is 5.56 Å². The average Bonchev–Trinajstić information content (AvgIpc) is 2.84. The molecular weight excluding hydrogens is 416 g/mol. The molecule has 0 aliphatic heterocycles. The summed E-state index contributed by atoms with van der Waals surface area (Å²) in [5, 5.41) is 2.16. The van der Waals surface area contributed by atoms with Crippen molar-refractivity contribution in [1.29, 1.82) is 0 Å². The molecule has 33 heavy (non-hydrogen) atoms. The maximum atomic E-state index is 12.8. The van der Waals surface area contributed by atoms with Gasteiger partial charge < -0.3 is 11.5 Å². The summed E-state index contributed by atoms with van der Waals surface area (Å²) in [7, 11) is 0. The van der Waals surface area contributed by atoms with Crippen LogP contribution in [0.5, 0.6) is 0 Å². The molecule has 0 saturated carbocycles. The SMILES string of the molecule is NC(=O)c1cccc2c(N(N)CCCc3cccc(C(=O)c4ccccc4)c3N)ncnc12. The molecular formula is C25H24N6O2. The molecule has 1 amide bonds. The van der Waals surface area contributed by atoms with Gasteiger partial charge in [-0.05, 0) is 36.6 Å². The summed E-state index contributed by atoms with van der Waals surface area (Å²) in [5.74, 6) is 6.12. The highest BCUT2D eigenvalue weighted by molar-refractivity contribution is 6.12. The van der Waals surface area contributed by atoms with Crippen LogP contribution in [0.4, 0.5) is 11.5 Å². The third kappa shape index (κ3) is 4.51. The zero-order chi connectivity index (χ0) is 23.4. The number of primary amides is 1. The number of carbonyl (C=O) groups is 2. The number of hydrogen-bond acceptors (Lipinski definition) is 7. The molecule has 4 rings (SSSR count). The molecule has 0 unspecified atom stereocenters. The molecule has 0 radical (unpaired) electrons. The van der Waals surface area contributed by atoms with Gasteiger partial charge in [0, 0.05) is 28.7 Å². The fourth-order valence-corrected chi connectivity index (χ4v) is 3.82. The van der Waals surface area contributed by atoms with E-state index in [1.54, 1.807) is 36.4 Å². The van der Waals surface area contributed by atoms with Crippen LogP contribution in [0.15, 0.2) is 73.1 Å². The minimum atomic E-state index is -0.561. The van der Waals surface area contributed by atoms with Crippen molar-refractivity contribution in [2.24, 2.45) is 11.6 Å². The molecule has 6 N–H and O–H groups in total. The van der Waals surface area contributed by atoms with Crippen LogP contribution >= 0.6 is 0 Å². The smallest absolute Gasteiger partial charge is 0.250 e. The van der Waals surface area contributed by atoms with Gasteiger partial charge in [-0.25, -0.2) is 15.8 Å². The van der Waals surface area contributed by atoms with Crippen LogP contribution in [0.3, 0.4) is 0 Å². The van der Waals surface area contributed by atoms with E-state index in [1.165, 1.54) is 11.3 Å². The number of carbonyl (C=O) groups excluding carboxylic acids is 2. The van der Waals surface area contributed by atoms with Crippen LogP contribution in [-0.4, -0.2) is 28.2 Å². The molecule has 0 spiro atoms. The van der Waals surface area contributed by atoms with Crippen molar-refractivity contribution in [1.82, 2.24) is 9.97 Å². The van der Waals surface area contributed by atoms with Gasteiger partial charge in [0.15, 0.2) is 11.6 Å². The van der Waals surface area contributed by atoms with Gasteiger partial charge in [0.2, 0.25) is 0 Å². The zero-order valence-electron chi connectivity index (χ0n) is 17.9. The zero-order valence-corrected chi connectivity index (χ0v) is 17.9. The lowest BCUT2D eigenvalue weighted by Crippen LogP contribution is -2.33. The maximum Gasteiger partial charge on any atom is 0.250 e. The predicted molar refractivity (Wildman–Crippen MR) is 129 cm³/mol. The van der Waals surface area contributed by atoms with E-state index in [-0.39, 0.29) is 5.78 Å². The number of nitrogens with two attached hydrogens (primary N) is 3. The minimum absolute atomic E-state index is 0.104. The highest BCUT2D eigenvalue weighted by Gasteiger charge is 2.16. The number of benzene rings is 3. The van der Waals surface area contributed by atoms with Crippen LogP contribution in [-0.2, 0) is 6.42 Å². The molecule has 0 aliphatic rings. The Kier molecular flexibility index (Phi) is 6.28. The molecule has 0 bridgehead atoms. The third-order valence-corrected chi connectivity index (χ3v) is 5.50. The molecule has 8 nitrogen and oxygen atoms in total. The first-order chi connectivity index (χ1) is 16.0. The molecule has 0 saturated heterocycles. The normalized spacial score (nSPS) is 10.8. The Morgan fingerprint density at radius 2 is 1.61 bits per heavy atom. The van der Waals surface area contributed by atoms with Crippen LogP contribution < -0.4 is 22.3 Å². The van der Waals surface area contributed by atoms with Gasteiger partial charge in [-0.2, -0.15) is 0 Å². The standard InChI is InChI=1S/C25H24N6O2/c26-21-16(9-4-11-18(21)23(32)17-7-2-1-3-8-17)10-6-14-31(28)25-20-13-5-12-19(24(27)33)22(20)29-15-30-25/h1-5,7-9,11-13,15H,6,10,14,26,28H2,(H2,27,33). The average molecular weight is 441 g/mol. The molecule has 8 heteroatoms. The number of ketones is 1. The number of aryl methyl sites for hydroxylation is 1. The number of hydrazine groups is 1. The van der Waals surface area contributed by atoms with E-state index in [4.69, 9.17) is 17.3 Å².